The lowest BCUT2D eigenvalue weighted by Crippen LogP contribution is -2.21. The highest BCUT2D eigenvalue weighted by atomic mass is 79.9. The van der Waals surface area contributed by atoms with E-state index in [0.717, 1.165) is 6.07 Å². The first kappa shape index (κ1) is 14.5. The van der Waals surface area contributed by atoms with Gasteiger partial charge in [0.1, 0.15) is 11.6 Å². The molecule has 20 heavy (non-hydrogen) atoms. The first-order valence-electron chi connectivity index (χ1n) is 5.68. The average Bonchev–Trinajstić information content (AvgIpc) is 2.38. The molecule has 0 fully saturated rings. The highest BCUT2D eigenvalue weighted by molar-refractivity contribution is 9.10. The summed E-state index contributed by atoms with van der Waals surface area (Å²) in [7, 11) is 0. The summed E-state index contributed by atoms with van der Waals surface area (Å²) in [6.07, 6.45) is 0. The molecule has 1 unspecified atom stereocenters. The second-order valence-corrected chi connectivity index (χ2v) is 4.93. The number of rotatable bonds is 4. The summed E-state index contributed by atoms with van der Waals surface area (Å²) in [5, 5.41) is 11.8. The molecule has 0 heterocycles. The molecule has 0 aliphatic rings. The van der Waals surface area contributed by atoms with Crippen LogP contribution in [0.5, 0.6) is 0 Å². The molecule has 0 amide bonds. The fraction of sp³-hybridized carbons (Fsp3) is 0.0714. The molecule has 0 bridgehead atoms. The van der Waals surface area contributed by atoms with Crippen molar-refractivity contribution in [3.8, 4) is 0 Å². The molecule has 0 aromatic heterocycles. The molecule has 0 spiro atoms. The Labute approximate surface area is 122 Å². The van der Waals surface area contributed by atoms with Gasteiger partial charge >= 0.3 is 5.97 Å². The van der Waals surface area contributed by atoms with Gasteiger partial charge in [0.2, 0.25) is 0 Å². The lowest BCUT2D eigenvalue weighted by molar-refractivity contribution is -0.138. The highest BCUT2D eigenvalue weighted by Crippen LogP contribution is 2.30. The van der Waals surface area contributed by atoms with Gasteiger partial charge in [0, 0.05) is 10.5 Å². The normalized spacial score (nSPS) is 11.9. The minimum atomic E-state index is -1.16. The van der Waals surface area contributed by atoms with E-state index in [1.807, 2.05) is 0 Å². The zero-order valence-electron chi connectivity index (χ0n) is 10.1. The summed E-state index contributed by atoms with van der Waals surface area (Å²) in [5.41, 5.74) is 0.373. The van der Waals surface area contributed by atoms with E-state index < -0.39 is 23.6 Å². The number of carbonyl (C=O) groups is 1. The predicted molar refractivity (Wildman–Crippen MR) is 74.5 cm³/mol. The van der Waals surface area contributed by atoms with E-state index >= 15 is 0 Å². The van der Waals surface area contributed by atoms with Crippen LogP contribution in [-0.4, -0.2) is 11.1 Å². The predicted octanol–water partition coefficient (Wildman–Crippen LogP) is 3.97. The Balaban J connectivity index is 2.38. The van der Waals surface area contributed by atoms with Crippen molar-refractivity contribution in [2.75, 3.05) is 5.32 Å². The third-order valence-corrected chi connectivity index (χ3v) is 3.30. The fourth-order valence-electron chi connectivity index (χ4n) is 1.76. The van der Waals surface area contributed by atoms with Crippen molar-refractivity contribution in [2.45, 2.75) is 6.04 Å². The molecule has 0 aliphatic carbocycles. The molecule has 0 saturated heterocycles. The number of anilines is 1. The van der Waals surface area contributed by atoms with Crippen LogP contribution in [0.4, 0.5) is 14.5 Å². The Bertz CT molecular complexity index is 611. The van der Waals surface area contributed by atoms with Gasteiger partial charge in [0.05, 0.1) is 5.69 Å². The van der Waals surface area contributed by atoms with E-state index in [2.05, 4.69) is 21.2 Å². The third-order valence-electron chi connectivity index (χ3n) is 2.68. The van der Waals surface area contributed by atoms with Gasteiger partial charge < -0.3 is 10.4 Å². The first-order valence-corrected chi connectivity index (χ1v) is 6.47. The number of nitrogens with one attached hydrogen (secondary N) is 1. The smallest absolute Gasteiger partial charge is 0.330 e. The molecule has 3 nitrogen and oxygen atoms in total. The van der Waals surface area contributed by atoms with Gasteiger partial charge in [0.25, 0.3) is 0 Å². The second-order valence-electron chi connectivity index (χ2n) is 4.07. The van der Waals surface area contributed by atoms with Gasteiger partial charge in [-0.15, -0.1) is 0 Å². The molecular weight excluding hydrogens is 332 g/mol. The number of carboxylic acid groups (broad SMARTS) is 1. The summed E-state index contributed by atoms with van der Waals surface area (Å²) >= 11 is 3.01. The number of benzene rings is 2. The summed E-state index contributed by atoms with van der Waals surface area (Å²) in [6, 6.07) is 8.96. The number of halogens is 3. The van der Waals surface area contributed by atoms with Crippen LogP contribution in [0.25, 0.3) is 0 Å². The number of hydrogen-bond acceptors (Lipinski definition) is 2. The summed E-state index contributed by atoms with van der Waals surface area (Å²) in [5.74, 6) is -2.77. The standard InChI is InChI=1S/C14H10BrF2NO2/c15-10-6-9(16)7-11(17)13(10)18-12(14(19)20)8-4-2-1-3-5-8/h1-7,12,18H,(H,19,20). The van der Waals surface area contributed by atoms with E-state index in [-0.39, 0.29) is 10.2 Å². The average molecular weight is 342 g/mol. The van der Waals surface area contributed by atoms with Crippen molar-refractivity contribution >= 4 is 27.6 Å². The van der Waals surface area contributed by atoms with Crippen molar-refractivity contribution in [1.29, 1.82) is 0 Å². The minimum absolute atomic E-state index is 0.0948. The van der Waals surface area contributed by atoms with Crippen LogP contribution in [0.1, 0.15) is 11.6 Å². The van der Waals surface area contributed by atoms with E-state index in [1.54, 1.807) is 30.3 Å². The van der Waals surface area contributed by atoms with E-state index in [0.29, 0.717) is 11.6 Å². The van der Waals surface area contributed by atoms with Crippen LogP contribution in [-0.2, 0) is 4.79 Å². The molecule has 2 aromatic rings. The maximum Gasteiger partial charge on any atom is 0.330 e. The molecule has 2 N–H and O–H groups in total. The first-order chi connectivity index (χ1) is 9.49. The Morgan fingerprint density at radius 2 is 1.85 bits per heavy atom. The fourth-order valence-corrected chi connectivity index (χ4v) is 2.28. The molecule has 0 radical (unpaired) electrons. The quantitative estimate of drug-likeness (QED) is 0.884. The third kappa shape index (κ3) is 3.14. The molecule has 1 atom stereocenters. The van der Waals surface area contributed by atoms with Gasteiger partial charge in [-0.3, -0.25) is 0 Å². The number of aliphatic carboxylic acids is 1. The van der Waals surface area contributed by atoms with Gasteiger partial charge in [-0.05, 0) is 27.6 Å². The Kier molecular flexibility index (Phi) is 4.34. The van der Waals surface area contributed by atoms with Crippen LogP contribution in [0.3, 0.4) is 0 Å². The SMILES string of the molecule is O=C(O)C(Nc1c(F)cc(F)cc1Br)c1ccccc1. The molecule has 104 valence electrons. The second kappa shape index (κ2) is 6.00. The van der Waals surface area contributed by atoms with Crippen molar-refractivity contribution in [2.24, 2.45) is 0 Å². The van der Waals surface area contributed by atoms with Crippen LogP contribution >= 0.6 is 15.9 Å². The highest BCUT2D eigenvalue weighted by Gasteiger charge is 2.22. The van der Waals surface area contributed by atoms with Crippen molar-refractivity contribution in [3.63, 3.8) is 0 Å². The van der Waals surface area contributed by atoms with Gasteiger partial charge in [-0.1, -0.05) is 30.3 Å². The van der Waals surface area contributed by atoms with E-state index in [1.165, 1.54) is 0 Å². The maximum atomic E-state index is 13.7. The Morgan fingerprint density at radius 1 is 1.20 bits per heavy atom. The van der Waals surface area contributed by atoms with Crippen LogP contribution < -0.4 is 5.32 Å². The molecule has 0 saturated carbocycles. The number of hydrogen-bond donors (Lipinski definition) is 2. The molecule has 2 rings (SSSR count). The Morgan fingerprint density at radius 3 is 2.40 bits per heavy atom. The van der Waals surface area contributed by atoms with Gasteiger partial charge in [0.15, 0.2) is 6.04 Å². The van der Waals surface area contributed by atoms with Crippen LogP contribution in [0.2, 0.25) is 0 Å². The van der Waals surface area contributed by atoms with E-state index in [4.69, 9.17) is 0 Å². The summed E-state index contributed by atoms with van der Waals surface area (Å²) in [4.78, 5) is 11.3. The molecular formula is C14H10BrF2NO2. The summed E-state index contributed by atoms with van der Waals surface area (Å²) < 4.78 is 26.9. The molecule has 2 aromatic carbocycles. The maximum absolute atomic E-state index is 13.7. The summed E-state index contributed by atoms with van der Waals surface area (Å²) in [6.45, 7) is 0. The van der Waals surface area contributed by atoms with Gasteiger partial charge in [-0.25, -0.2) is 13.6 Å². The topological polar surface area (TPSA) is 49.3 Å². The Hall–Kier alpha value is -1.95. The number of carboxylic acids is 1. The largest absolute Gasteiger partial charge is 0.479 e. The van der Waals surface area contributed by atoms with Crippen molar-refractivity contribution in [1.82, 2.24) is 0 Å². The van der Waals surface area contributed by atoms with E-state index in [9.17, 15) is 18.7 Å². The van der Waals surface area contributed by atoms with Crippen LogP contribution in [0, 0.1) is 11.6 Å². The van der Waals surface area contributed by atoms with Gasteiger partial charge in [-0.2, -0.15) is 0 Å². The van der Waals surface area contributed by atoms with Crippen LogP contribution in [0.15, 0.2) is 46.9 Å². The van der Waals surface area contributed by atoms with Crippen molar-refractivity contribution < 1.29 is 18.7 Å². The lowest BCUT2D eigenvalue weighted by atomic mass is 10.1. The zero-order valence-corrected chi connectivity index (χ0v) is 11.7. The monoisotopic (exact) mass is 341 g/mol. The minimum Gasteiger partial charge on any atom is -0.479 e. The molecule has 0 aliphatic heterocycles. The molecule has 6 heteroatoms. The van der Waals surface area contributed by atoms with Crippen molar-refractivity contribution in [3.05, 3.63) is 64.1 Å². The lowest BCUT2D eigenvalue weighted by Gasteiger charge is -2.17. The zero-order chi connectivity index (χ0) is 14.7.